The van der Waals surface area contributed by atoms with Crippen LogP contribution >= 0.6 is 11.6 Å². The fourth-order valence-electron chi connectivity index (χ4n) is 2.01. The summed E-state index contributed by atoms with van der Waals surface area (Å²) in [5, 5.41) is 2.10. The Morgan fingerprint density at radius 3 is 2.50 bits per heavy atom. The van der Waals surface area contributed by atoms with Crippen LogP contribution < -0.4 is 10.1 Å². The molecule has 0 fully saturated rings. The first-order chi connectivity index (χ1) is 12.2. The lowest BCUT2D eigenvalue weighted by Crippen LogP contribution is -2.21. The molecular weight excluding hydrogens is 375 g/mol. The molecule has 0 aromatic heterocycles. The zero-order valence-corrected chi connectivity index (χ0v) is 14.1. The molecule has 2 aromatic rings. The summed E-state index contributed by atoms with van der Waals surface area (Å²) >= 11 is 5.78. The minimum atomic E-state index is -4.58. The summed E-state index contributed by atoms with van der Waals surface area (Å²) < 4.78 is 48.0. The molecule has 0 heterocycles. The average Bonchev–Trinajstić information content (AvgIpc) is 2.60. The van der Waals surface area contributed by atoms with Gasteiger partial charge in [-0.05, 0) is 30.3 Å². The number of ether oxygens (including phenoxy) is 2. The van der Waals surface area contributed by atoms with Gasteiger partial charge in [0.2, 0.25) is 0 Å². The van der Waals surface area contributed by atoms with Crippen molar-refractivity contribution >= 4 is 29.2 Å². The molecule has 5 nitrogen and oxygen atoms in total. The first-order valence-electron chi connectivity index (χ1n) is 7.19. The van der Waals surface area contributed by atoms with Crippen LogP contribution in [0.4, 0.5) is 18.9 Å². The van der Waals surface area contributed by atoms with Crippen molar-refractivity contribution in [2.45, 2.75) is 6.18 Å². The van der Waals surface area contributed by atoms with E-state index < -0.39 is 30.2 Å². The fraction of sp³-hybridized carbons (Fsp3) is 0.176. The summed E-state index contributed by atoms with van der Waals surface area (Å²) in [4.78, 5) is 23.8. The summed E-state index contributed by atoms with van der Waals surface area (Å²) in [6.45, 7) is -0.705. The van der Waals surface area contributed by atoms with E-state index in [1.807, 2.05) is 0 Å². The highest BCUT2D eigenvalue weighted by atomic mass is 35.5. The van der Waals surface area contributed by atoms with Crippen LogP contribution in [0.5, 0.6) is 5.75 Å². The highest BCUT2D eigenvalue weighted by molar-refractivity contribution is 6.33. The average molecular weight is 388 g/mol. The summed E-state index contributed by atoms with van der Waals surface area (Å²) in [5.41, 5.74) is -1.09. The predicted molar refractivity (Wildman–Crippen MR) is 88.4 cm³/mol. The number of amides is 1. The largest absolute Gasteiger partial charge is 0.496 e. The third-order valence-corrected chi connectivity index (χ3v) is 3.56. The molecule has 0 bridgehead atoms. The molecule has 0 radical (unpaired) electrons. The Kier molecular flexibility index (Phi) is 6.10. The Hall–Kier alpha value is -2.74. The van der Waals surface area contributed by atoms with Gasteiger partial charge in [0.05, 0.1) is 23.4 Å². The number of nitrogens with one attached hydrogen (secondary N) is 1. The maximum atomic E-state index is 12.7. The Balaban J connectivity index is 2.02. The van der Waals surface area contributed by atoms with Gasteiger partial charge >= 0.3 is 12.1 Å². The number of rotatable bonds is 5. The molecule has 1 N–H and O–H groups in total. The lowest BCUT2D eigenvalue weighted by molar-refractivity contribution is -0.137. The molecule has 1 amide bonds. The molecule has 9 heteroatoms. The number of alkyl halides is 3. The third kappa shape index (κ3) is 4.89. The second-order valence-corrected chi connectivity index (χ2v) is 5.42. The minimum absolute atomic E-state index is 0.0811. The number of carbonyl (C=O) groups is 2. The molecule has 0 unspecified atom stereocenters. The van der Waals surface area contributed by atoms with E-state index in [-0.39, 0.29) is 22.0 Å². The second kappa shape index (κ2) is 8.09. The van der Waals surface area contributed by atoms with Gasteiger partial charge in [-0.1, -0.05) is 23.7 Å². The van der Waals surface area contributed by atoms with Crippen LogP contribution in [0.2, 0.25) is 5.02 Å². The van der Waals surface area contributed by atoms with Crippen LogP contribution in [0.15, 0.2) is 42.5 Å². The van der Waals surface area contributed by atoms with E-state index >= 15 is 0 Å². The number of methoxy groups -OCH3 is 1. The standard InChI is InChI=1S/C17H13ClF3NO4/c1-25-14-5-3-2-4-11(14)16(24)26-9-15(23)22-13-8-10(17(19,20)21)6-7-12(13)18/h2-8H,9H2,1H3,(H,22,23). The molecular formula is C17H13ClF3NO4. The van der Waals surface area contributed by atoms with Gasteiger partial charge in [-0.3, -0.25) is 4.79 Å². The van der Waals surface area contributed by atoms with E-state index in [4.69, 9.17) is 21.1 Å². The van der Waals surface area contributed by atoms with Crippen molar-refractivity contribution in [1.29, 1.82) is 0 Å². The van der Waals surface area contributed by atoms with Crippen LogP contribution in [-0.4, -0.2) is 25.6 Å². The van der Waals surface area contributed by atoms with Gasteiger partial charge in [0, 0.05) is 0 Å². The molecule has 0 aliphatic rings. The Labute approximate surface area is 151 Å². The lowest BCUT2D eigenvalue weighted by atomic mass is 10.2. The van der Waals surface area contributed by atoms with Gasteiger partial charge in [-0.15, -0.1) is 0 Å². The van der Waals surface area contributed by atoms with Crippen molar-refractivity contribution in [2.75, 3.05) is 19.0 Å². The molecule has 2 aromatic carbocycles. The highest BCUT2D eigenvalue weighted by Gasteiger charge is 2.31. The first kappa shape index (κ1) is 19.6. The van der Waals surface area contributed by atoms with Crippen LogP contribution in [0, 0.1) is 0 Å². The van der Waals surface area contributed by atoms with E-state index in [9.17, 15) is 22.8 Å². The van der Waals surface area contributed by atoms with Crippen LogP contribution in [0.1, 0.15) is 15.9 Å². The maximum Gasteiger partial charge on any atom is 0.416 e. The summed E-state index contributed by atoms with van der Waals surface area (Å²) in [6.07, 6.45) is -4.58. The first-order valence-corrected chi connectivity index (χ1v) is 7.57. The molecule has 26 heavy (non-hydrogen) atoms. The monoisotopic (exact) mass is 387 g/mol. The Morgan fingerprint density at radius 2 is 1.85 bits per heavy atom. The zero-order valence-electron chi connectivity index (χ0n) is 13.4. The van der Waals surface area contributed by atoms with Crippen LogP contribution in [0.25, 0.3) is 0 Å². The zero-order chi connectivity index (χ0) is 19.3. The SMILES string of the molecule is COc1ccccc1C(=O)OCC(=O)Nc1cc(C(F)(F)F)ccc1Cl. The number of halogens is 4. The Morgan fingerprint density at radius 1 is 1.15 bits per heavy atom. The maximum absolute atomic E-state index is 12.7. The summed E-state index contributed by atoms with van der Waals surface area (Å²) in [6, 6.07) is 8.73. The number of para-hydroxylation sites is 1. The van der Waals surface area contributed by atoms with E-state index in [1.54, 1.807) is 18.2 Å². The number of hydrogen-bond acceptors (Lipinski definition) is 4. The van der Waals surface area contributed by atoms with Crippen molar-refractivity contribution in [3.63, 3.8) is 0 Å². The lowest BCUT2D eigenvalue weighted by Gasteiger charge is -2.12. The highest BCUT2D eigenvalue weighted by Crippen LogP contribution is 2.33. The van der Waals surface area contributed by atoms with Crippen molar-refractivity contribution in [3.8, 4) is 5.75 Å². The molecule has 0 saturated heterocycles. The molecule has 0 aliphatic carbocycles. The second-order valence-electron chi connectivity index (χ2n) is 5.02. The van der Waals surface area contributed by atoms with Crippen molar-refractivity contribution in [1.82, 2.24) is 0 Å². The van der Waals surface area contributed by atoms with Crippen molar-refractivity contribution in [3.05, 3.63) is 58.6 Å². The molecule has 2 rings (SSSR count). The third-order valence-electron chi connectivity index (χ3n) is 3.23. The Bertz CT molecular complexity index is 824. The smallest absolute Gasteiger partial charge is 0.416 e. The molecule has 0 spiro atoms. The van der Waals surface area contributed by atoms with Gasteiger partial charge in [-0.25, -0.2) is 4.79 Å². The van der Waals surface area contributed by atoms with E-state index in [0.717, 1.165) is 12.1 Å². The van der Waals surface area contributed by atoms with E-state index in [1.165, 1.54) is 13.2 Å². The van der Waals surface area contributed by atoms with Gasteiger partial charge in [0.15, 0.2) is 6.61 Å². The topological polar surface area (TPSA) is 64.6 Å². The van der Waals surface area contributed by atoms with Crippen LogP contribution in [-0.2, 0) is 15.7 Å². The number of esters is 1. The van der Waals surface area contributed by atoms with Gasteiger partial charge < -0.3 is 14.8 Å². The molecule has 0 atom stereocenters. The van der Waals surface area contributed by atoms with E-state index in [2.05, 4.69) is 5.32 Å². The van der Waals surface area contributed by atoms with Crippen molar-refractivity contribution in [2.24, 2.45) is 0 Å². The number of benzene rings is 2. The number of anilines is 1. The molecule has 0 saturated carbocycles. The van der Waals surface area contributed by atoms with E-state index in [0.29, 0.717) is 6.07 Å². The van der Waals surface area contributed by atoms with Crippen LogP contribution in [0.3, 0.4) is 0 Å². The normalized spacial score (nSPS) is 11.0. The quantitative estimate of drug-likeness (QED) is 0.782. The van der Waals surface area contributed by atoms with Gasteiger partial charge in [0.1, 0.15) is 11.3 Å². The van der Waals surface area contributed by atoms with Gasteiger partial charge in [-0.2, -0.15) is 13.2 Å². The summed E-state index contributed by atoms with van der Waals surface area (Å²) in [5.74, 6) is -1.39. The molecule has 138 valence electrons. The van der Waals surface area contributed by atoms with Gasteiger partial charge in [0.25, 0.3) is 5.91 Å². The minimum Gasteiger partial charge on any atom is -0.496 e. The number of carbonyl (C=O) groups excluding carboxylic acids is 2. The molecule has 0 aliphatic heterocycles. The predicted octanol–water partition coefficient (Wildman–Crippen LogP) is 4.16. The summed E-state index contributed by atoms with van der Waals surface area (Å²) in [7, 11) is 1.37. The fourth-order valence-corrected chi connectivity index (χ4v) is 2.17. The van der Waals surface area contributed by atoms with Crippen molar-refractivity contribution < 1.29 is 32.2 Å². The number of hydrogen-bond donors (Lipinski definition) is 1.